The molecular formula is C44H68NO11P. The average molecular weight is 818 g/mol. The maximum absolute atomic E-state index is 12.6. The van der Waals surface area contributed by atoms with Crippen molar-refractivity contribution in [2.75, 3.05) is 19.8 Å². The van der Waals surface area contributed by atoms with E-state index in [2.05, 4.69) is 67.0 Å². The predicted octanol–water partition coefficient (Wildman–Crippen LogP) is 9.68. The van der Waals surface area contributed by atoms with Gasteiger partial charge < -0.3 is 25.2 Å². The number of carbonyl (C=O) groups is 4. The highest BCUT2D eigenvalue weighted by Gasteiger charge is 2.28. The molecule has 0 fully saturated rings. The van der Waals surface area contributed by atoms with Gasteiger partial charge in [0, 0.05) is 19.3 Å². The van der Waals surface area contributed by atoms with Crippen molar-refractivity contribution >= 4 is 31.5 Å². The van der Waals surface area contributed by atoms with Crippen molar-refractivity contribution in [2.45, 2.75) is 135 Å². The van der Waals surface area contributed by atoms with Gasteiger partial charge in [0.15, 0.2) is 11.9 Å². The van der Waals surface area contributed by atoms with Crippen molar-refractivity contribution in [3.05, 3.63) is 97.2 Å². The average Bonchev–Trinajstić information content (AvgIpc) is 3.18. The number of ether oxygens (including phenoxy) is 2. The second kappa shape index (κ2) is 37.6. The molecule has 57 heavy (non-hydrogen) atoms. The number of phosphoric acid groups is 1. The number of aliphatic carboxylic acids is 1. The van der Waals surface area contributed by atoms with E-state index < -0.39 is 57.7 Å². The number of carbonyl (C=O) groups excluding carboxylic acids is 3. The van der Waals surface area contributed by atoms with Crippen LogP contribution in [-0.2, 0) is 42.3 Å². The molecule has 0 aliphatic heterocycles. The zero-order chi connectivity index (χ0) is 42.2. The molecule has 0 aromatic heterocycles. The minimum absolute atomic E-state index is 0.0791. The third-order valence-corrected chi connectivity index (χ3v) is 8.74. The molecule has 12 nitrogen and oxygen atoms in total. The monoisotopic (exact) mass is 817 g/mol. The molecule has 3 atom stereocenters. The molecule has 0 radical (unpaired) electrons. The largest absolute Gasteiger partial charge is 0.480 e. The summed E-state index contributed by atoms with van der Waals surface area (Å²) in [5.74, 6) is -2.42. The van der Waals surface area contributed by atoms with Gasteiger partial charge in [-0.25, -0.2) is 4.57 Å². The minimum Gasteiger partial charge on any atom is -0.480 e. The van der Waals surface area contributed by atoms with Gasteiger partial charge in [0.05, 0.1) is 13.2 Å². The van der Waals surface area contributed by atoms with Crippen molar-refractivity contribution < 1.29 is 52.3 Å². The van der Waals surface area contributed by atoms with E-state index in [0.717, 1.165) is 70.6 Å². The Morgan fingerprint density at radius 2 is 1.14 bits per heavy atom. The Labute approximate surface area is 340 Å². The van der Waals surface area contributed by atoms with Crippen molar-refractivity contribution in [3.63, 3.8) is 0 Å². The number of hydrogen-bond acceptors (Lipinski definition) is 10. The number of carboxylic acid groups (broad SMARTS) is 1. The molecule has 13 heteroatoms. The van der Waals surface area contributed by atoms with Crippen LogP contribution in [-0.4, -0.2) is 65.7 Å². The van der Waals surface area contributed by atoms with Crippen molar-refractivity contribution in [1.29, 1.82) is 0 Å². The van der Waals surface area contributed by atoms with Gasteiger partial charge in [-0.05, 0) is 83.1 Å². The summed E-state index contributed by atoms with van der Waals surface area (Å²) in [6.07, 6.45) is 43.3. The van der Waals surface area contributed by atoms with Crippen molar-refractivity contribution in [2.24, 2.45) is 5.73 Å². The third-order valence-electron chi connectivity index (χ3n) is 7.79. The van der Waals surface area contributed by atoms with Crippen LogP contribution in [0.5, 0.6) is 0 Å². The smallest absolute Gasteiger partial charge is 0.472 e. The molecule has 0 amide bonds. The van der Waals surface area contributed by atoms with Crippen molar-refractivity contribution in [1.82, 2.24) is 0 Å². The Morgan fingerprint density at radius 1 is 0.614 bits per heavy atom. The van der Waals surface area contributed by atoms with Gasteiger partial charge >= 0.3 is 25.7 Å². The van der Waals surface area contributed by atoms with Crippen LogP contribution in [0.15, 0.2) is 97.2 Å². The summed E-state index contributed by atoms with van der Waals surface area (Å²) in [7, 11) is -4.76. The number of hydrogen-bond donors (Lipinski definition) is 3. The molecule has 0 aromatic rings. The van der Waals surface area contributed by atoms with Crippen molar-refractivity contribution in [3.8, 4) is 0 Å². The van der Waals surface area contributed by atoms with Gasteiger partial charge in [-0.2, -0.15) is 0 Å². The van der Waals surface area contributed by atoms with Crippen LogP contribution >= 0.6 is 7.82 Å². The van der Waals surface area contributed by atoms with E-state index in [0.29, 0.717) is 25.7 Å². The van der Waals surface area contributed by atoms with Crippen LogP contribution < -0.4 is 5.73 Å². The maximum Gasteiger partial charge on any atom is 0.472 e. The van der Waals surface area contributed by atoms with E-state index >= 15 is 0 Å². The Bertz CT molecular complexity index is 1390. The number of rotatable bonds is 36. The van der Waals surface area contributed by atoms with Gasteiger partial charge in [0.25, 0.3) is 0 Å². The standard InChI is InChI=1S/C44H68NO11P/c1-3-5-7-8-9-10-11-12-13-14-17-21-24-27-31-35-43(48)56-40(37-54-57(51,52)55-38-41(45)44(49)50)36-53-42(47)34-30-26-23-20-18-15-16-19-22-25-29-33-39(46)32-28-6-4-2/h5,7,9-10,12-13,15-17,20-23,25,29,33,40-41H,3-4,6,8,11,14,18-19,24,26-28,30-32,34-38,45H2,1-2H3,(H,49,50)(H,51,52)/b7-5-,10-9-,13-12-,16-15-,21-17-,23-20-,25-22-,33-29+/t40-,41+/m1/s1. The second-order valence-electron chi connectivity index (χ2n) is 13.1. The SMILES string of the molecule is CC/C=C\C/C=C\C/C=C\C/C=C\CCCCC(=O)O[C@H](COC(=O)CCC/C=C\C/C=C\C/C=C\C=C\C(=O)CCCCC)COP(=O)(O)OC[C@H](N)C(=O)O. The zero-order valence-electron chi connectivity index (χ0n) is 34.1. The molecular weight excluding hydrogens is 749 g/mol. The molecule has 0 aliphatic rings. The van der Waals surface area contributed by atoms with E-state index in [1.165, 1.54) is 0 Å². The summed E-state index contributed by atoms with van der Waals surface area (Å²) in [5, 5.41) is 8.87. The van der Waals surface area contributed by atoms with Crippen LogP contribution in [0.25, 0.3) is 0 Å². The number of phosphoric ester groups is 1. The van der Waals surface area contributed by atoms with E-state index in [-0.39, 0.29) is 18.6 Å². The number of esters is 2. The first-order valence-corrected chi connectivity index (χ1v) is 21.7. The predicted molar refractivity (Wildman–Crippen MR) is 226 cm³/mol. The van der Waals surface area contributed by atoms with E-state index in [9.17, 15) is 28.6 Å². The maximum atomic E-state index is 12.6. The number of ketones is 1. The molecule has 0 spiro atoms. The third kappa shape index (κ3) is 37.4. The Morgan fingerprint density at radius 3 is 1.74 bits per heavy atom. The lowest BCUT2D eigenvalue weighted by atomic mass is 10.1. The Hall–Kier alpha value is -3.93. The summed E-state index contributed by atoms with van der Waals surface area (Å²) >= 11 is 0. The Balaban J connectivity index is 4.63. The fourth-order valence-electron chi connectivity index (χ4n) is 4.59. The first kappa shape index (κ1) is 53.1. The fourth-order valence-corrected chi connectivity index (χ4v) is 5.37. The van der Waals surface area contributed by atoms with Crippen LogP contribution in [0.4, 0.5) is 0 Å². The number of unbranched alkanes of at least 4 members (excludes halogenated alkanes) is 5. The van der Waals surface area contributed by atoms with E-state index in [1.807, 2.05) is 36.5 Å². The lowest BCUT2D eigenvalue weighted by molar-refractivity contribution is -0.161. The lowest BCUT2D eigenvalue weighted by Crippen LogP contribution is -2.34. The van der Waals surface area contributed by atoms with E-state index in [1.54, 1.807) is 12.2 Å². The van der Waals surface area contributed by atoms with Gasteiger partial charge in [-0.1, -0.05) is 118 Å². The molecule has 4 N–H and O–H groups in total. The number of nitrogens with two attached hydrogens (primary N) is 1. The minimum atomic E-state index is -4.76. The Kier molecular flexibility index (Phi) is 35.0. The quantitative estimate of drug-likeness (QED) is 0.0136. The van der Waals surface area contributed by atoms with Crippen LogP contribution in [0.3, 0.4) is 0 Å². The molecule has 0 saturated heterocycles. The van der Waals surface area contributed by atoms with Crippen LogP contribution in [0.2, 0.25) is 0 Å². The lowest BCUT2D eigenvalue weighted by Gasteiger charge is -2.20. The molecule has 1 unspecified atom stereocenters. The summed E-state index contributed by atoms with van der Waals surface area (Å²) in [5.41, 5.74) is 5.31. The topological polar surface area (TPSA) is 189 Å². The number of allylic oxidation sites excluding steroid dienone is 16. The first-order valence-electron chi connectivity index (χ1n) is 20.2. The number of carboxylic acids is 1. The van der Waals surface area contributed by atoms with Gasteiger partial charge in [-0.3, -0.25) is 28.2 Å². The molecule has 0 bridgehead atoms. The second-order valence-corrected chi connectivity index (χ2v) is 14.5. The summed E-state index contributed by atoms with van der Waals surface area (Å²) in [6, 6.07) is -1.55. The molecule has 0 saturated carbocycles. The van der Waals surface area contributed by atoms with Gasteiger partial charge in [0.2, 0.25) is 0 Å². The highest BCUT2D eigenvalue weighted by atomic mass is 31.2. The van der Waals surface area contributed by atoms with Gasteiger partial charge in [-0.15, -0.1) is 0 Å². The fraction of sp³-hybridized carbons (Fsp3) is 0.545. The normalized spacial score (nSPS) is 14.7. The zero-order valence-corrected chi connectivity index (χ0v) is 35.0. The van der Waals surface area contributed by atoms with E-state index in [4.69, 9.17) is 24.8 Å². The molecule has 0 heterocycles. The highest BCUT2D eigenvalue weighted by Crippen LogP contribution is 2.43. The van der Waals surface area contributed by atoms with Gasteiger partial charge in [0.1, 0.15) is 12.6 Å². The molecule has 0 aliphatic carbocycles. The first-order chi connectivity index (χ1) is 27.5. The summed E-state index contributed by atoms with van der Waals surface area (Å²) < 4.78 is 32.5. The molecule has 0 rings (SSSR count). The van der Waals surface area contributed by atoms with Crippen LogP contribution in [0.1, 0.15) is 123 Å². The molecule has 320 valence electrons. The van der Waals surface area contributed by atoms with Crippen LogP contribution in [0, 0.1) is 0 Å². The highest BCUT2D eigenvalue weighted by molar-refractivity contribution is 7.47. The summed E-state index contributed by atoms with van der Waals surface area (Å²) in [4.78, 5) is 57.5. The molecule has 0 aromatic carbocycles. The summed E-state index contributed by atoms with van der Waals surface area (Å²) in [6.45, 7) is 2.38.